The highest BCUT2D eigenvalue weighted by atomic mass is 16.3. The summed E-state index contributed by atoms with van der Waals surface area (Å²) in [5.41, 5.74) is 13.7. The van der Waals surface area contributed by atoms with Crippen LogP contribution in [0.15, 0.2) is 205 Å². The van der Waals surface area contributed by atoms with Crippen molar-refractivity contribution in [1.29, 1.82) is 0 Å². The summed E-state index contributed by atoms with van der Waals surface area (Å²) in [6.07, 6.45) is 0. The van der Waals surface area contributed by atoms with Gasteiger partial charge in [-0.3, -0.25) is 0 Å². The first kappa shape index (κ1) is 32.0. The first-order valence-corrected chi connectivity index (χ1v) is 18.9. The molecule has 1 aliphatic rings. The fraction of sp³-hybridized carbons (Fsp3) is 0.0192. The molecular weight excluding hydrogens is 683 g/mol. The molecule has 0 atom stereocenters. The van der Waals surface area contributed by atoms with Crippen molar-refractivity contribution >= 4 is 21.9 Å². The maximum Gasteiger partial charge on any atom is 0.164 e. The molecule has 0 bridgehead atoms. The zero-order chi connectivity index (χ0) is 37.1. The van der Waals surface area contributed by atoms with Crippen LogP contribution < -0.4 is 0 Å². The number of nitrogens with zero attached hydrogens (tertiary/aromatic N) is 3. The summed E-state index contributed by atoms with van der Waals surface area (Å²) in [5.74, 6) is 1.87. The molecule has 0 N–H and O–H groups in total. The fourth-order valence-corrected chi connectivity index (χ4v) is 8.65. The molecule has 4 nitrogen and oxygen atoms in total. The minimum absolute atomic E-state index is 0.554. The SMILES string of the molecule is c1ccc(-c2ccc(C3(c4ccc5oc6ccc(-c7nc(-c8ccccc8)nc(-c8ccccc8)n7)cc6c5c4)c4ccccc4-c4ccccc43)cc2)cc1. The third kappa shape index (κ3) is 5.04. The average molecular weight is 716 g/mol. The monoisotopic (exact) mass is 715 g/mol. The Kier molecular flexibility index (Phi) is 7.36. The highest BCUT2D eigenvalue weighted by molar-refractivity contribution is 6.07. The Hall–Kier alpha value is -7.43. The quantitative estimate of drug-likeness (QED) is 0.172. The summed E-state index contributed by atoms with van der Waals surface area (Å²) in [6.45, 7) is 0. The van der Waals surface area contributed by atoms with E-state index >= 15 is 0 Å². The average Bonchev–Trinajstić information content (AvgIpc) is 3.80. The number of rotatable bonds is 6. The topological polar surface area (TPSA) is 51.8 Å². The smallest absolute Gasteiger partial charge is 0.164 e. The van der Waals surface area contributed by atoms with Gasteiger partial charge in [-0.2, -0.15) is 0 Å². The molecule has 0 aliphatic heterocycles. The van der Waals surface area contributed by atoms with Crippen LogP contribution in [-0.2, 0) is 5.41 Å². The molecule has 2 heterocycles. The lowest BCUT2D eigenvalue weighted by atomic mass is 9.67. The Morgan fingerprint density at radius 2 is 0.732 bits per heavy atom. The number of furan rings is 1. The molecule has 0 spiro atoms. The zero-order valence-corrected chi connectivity index (χ0v) is 30.3. The first-order valence-electron chi connectivity index (χ1n) is 18.9. The third-order valence-corrected chi connectivity index (χ3v) is 11.2. The summed E-state index contributed by atoms with van der Waals surface area (Å²) in [5, 5.41) is 2.05. The van der Waals surface area contributed by atoms with Gasteiger partial charge in [0.2, 0.25) is 0 Å². The van der Waals surface area contributed by atoms with Gasteiger partial charge in [0.25, 0.3) is 0 Å². The summed E-state index contributed by atoms with van der Waals surface area (Å²) < 4.78 is 6.54. The summed E-state index contributed by atoms with van der Waals surface area (Å²) in [4.78, 5) is 15.0. The second-order valence-electron chi connectivity index (χ2n) is 14.3. The van der Waals surface area contributed by atoms with Crippen LogP contribution in [-0.4, -0.2) is 15.0 Å². The van der Waals surface area contributed by atoms with Crippen LogP contribution in [0.25, 0.3) is 78.4 Å². The molecule has 56 heavy (non-hydrogen) atoms. The number of hydrogen-bond acceptors (Lipinski definition) is 4. The maximum absolute atomic E-state index is 6.54. The molecule has 262 valence electrons. The molecule has 0 unspecified atom stereocenters. The molecule has 1 aliphatic carbocycles. The van der Waals surface area contributed by atoms with Crippen LogP contribution in [0.2, 0.25) is 0 Å². The lowest BCUT2D eigenvalue weighted by Crippen LogP contribution is -2.28. The maximum atomic E-state index is 6.54. The second kappa shape index (κ2) is 12.9. The Morgan fingerprint density at radius 3 is 1.30 bits per heavy atom. The zero-order valence-electron chi connectivity index (χ0n) is 30.3. The van der Waals surface area contributed by atoms with E-state index in [1.54, 1.807) is 0 Å². The van der Waals surface area contributed by atoms with Crippen molar-refractivity contribution in [3.05, 3.63) is 222 Å². The standard InChI is InChI=1S/C52H33N3O/c1-4-14-34(15-5-1)35-24-27-39(28-25-35)52(45-22-12-10-20-41(45)42-21-11-13-23-46(42)52)40-29-31-48-44(33-40)43-32-38(26-30-47(43)56-48)51-54-49(36-16-6-2-7-17-36)53-50(55-51)37-18-8-3-9-19-37/h1-33H. The molecule has 8 aromatic carbocycles. The van der Waals surface area contributed by atoms with E-state index in [0.717, 1.165) is 38.6 Å². The van der Waals surface area contributed by atoms with Gasteiger partial charge in [-0.15, -0.1) is 0 Å². The van der Waals surface area contributed by atoms with Crippen molar-refractivity contribution in [2.45, 2.75) is 5.41 Å². The minimum Gasteiger partial charge on any atom is -0.456 e. The summed E-state index contributed by atoms with van der Waals surface area (Å²) >= 11 is 0. The molecule has 10 aromatic rings. The summed E-state index contributed by atoms with van der Waals surface area (Å²) in [7, 11) is 0. The minimum atomic E-state index is -0.554. The largest absolute Gasteiger partial charge is 0.456 e. The molecule has 0 amide bonds. The lowest BCUT2D eigenvalue weighted by molar-refractivity contribution is 0.668. The van der Waals surface area contributed by atoms with Gasteiger partial charge in [-0.1, -0.05) is 170 Å². The molecule has 11 rings (SSSR count). The van der Waals surface area contributed by atoms with Crippen molar-refractivity contribution in [2.75, 3.05) is 0 Å². The van der Waals surface area contributed by atoms with Crippen LogP contribution in [0.3, 0.4) is 0 Å². The number of aromatic nitrogens is 3. The van der Waals surface area contributed by atoms with Crippen LogP contribution in [0, 0.1) is 0 Å². The molecule has 0 fully saturated rings. The molecule has 0 saturated heterocycles. The van der Waals surface area contributed by atoms with Crippen LogP contribution >= 0.6 is 0 Å². The van der Waals surface area contributed by atoms with E-state index in [-0.39, 0.29) is 0 Å². The second-order valence-corrected chi connectivity index (χ2v) is 14.3. The van der Waals surface area contributed by atoms with E-state index in [9.17, 15) is 0 Å². The van der Waals surface area contributed by atoms with Crippen molar-refractivity contribution in [1.82, 2.24) is 15.0 Å². The van der Waals surface area contributed by atoms with Gasteiger partial charge in [0, 0.05) is 27.5 Å². The van der Waals surface area contributed by atoms with Crippen molar-refractivity contribution < 1.29 is 4.42 Å². The van der Waals surface area contributed by atoms with Gasteiger partial charge in [0.15, 0.2) is 17.5 Å². The van der Waals surface area contributed by atoms with Gasteiger partial charge in [0.05, 0.1) is 5.41 Å². The van der Waals surface area contributed by atoms with E-state index in [1.807, 2.05) is 72.8 Å². The van der Waals surface area contributed by atoms with E-state index in [0.29, 0.717) is 17.5 Å². The highest BCUT2D eigenvalue weighted by Crippen LogP contribution is 2.56. The highest BCUT2D eigenvalue weighted by Gasteiger charge is 2.46. The number of fused-ring (bicyclic) bond motifs is 6. The number of benzene rings is 8. The molecule has 0 saturated carbocycles. The van der Waals surface area contributed by atoms with Gasteiger partial charge < -0.3 is 4.42 Å². The lowest BCUT2D eigenvalue weighted by Gasteiger charge is -2.34. The third-order valence-electron chi connectivity index (χ3n) is 11.2. The molecule has 0 radical (unpaired) electrons. The normalized spacial score (nSPS) is 12.8. The van der Waals surface area contributed by atoms with E-state index in [4.69, 9.17) is 19.4 Å². The van der Waals surface area contributed by atoms with Crippen molar-refractivity contribution in [3.8, 4) is 56.4 Å². The van der Waals surface area contributed by atoms with Crippen LogP contribution in [0.5, 0.6) is 0 Å². The van der Waals surface area contributed by atoms with Gasteiger partial charge in [-0.25, -0.2) is 15.0 Å². The van der Waals surface area contributed by atoms with Crippen LogP contribution in [0.1, 0.15) is 22.3 Å². The first-order chi connectivity index (χ1) is 27.7. The van der Waals surface area contributed by atoms with E-state index in [2.05, 4.69) is 127 Å². The Bertz CT molecular complexity index is 2960. The summed E-state index contributed by atoms with van der Waals surface area (Å²) in [6, 6.07) is 70.6. The predicted molar refractivity (Wildman–Crippen MR) is 226 cm³/mol. The van der Waals surface area contributed by atoms with Gasteiger partial charge >= 0.3 is 0 Å². The molecule has 2 aromatic heterocycles. The number of hydrogen-bond donors (Lipinski definition) is 0. The molecule has 4 heteroatoms. The Morgan fingerprint density at radius 1 is 0.321 bits per heavy atom. The Labute approximate surface area is 324 Å². The van der Waals surface area contributed by atoms with E-state index < -0.39 is 5.41 Å². The fourth-order valence-electron chi connectivity index (χ4n) is 8.65. The predicted octanol–water partition coefficient (Wildman–Crippen LogP) is 12.8. The van der Waals surface area contributed by atoms with E-state index in [1.165, 1.54) is 44.5 Å². The van der Waals surface area contributed by atoms with Crippen LogP contribution in [0.4, 0.5) is 0 Å². The van der Waals surface area contributed by atoms with Crippen molar-refractivity contribution in [3.63, 3.8) is 0 Å². The molecular formula is C52H33N3O. The van der Waals surface area contributed by atoms with Gasteiger partial charge in [-0.05, 0) is 74.8 Å². The van der Waals surface area contributed by atoms with Crippen molar-refractivity contribution in [2.24, 2.45) is 0 Å². The Balaban J connectivity index is 1.12. The van der Waals surface area contributed by atoms with Gasteiger partial charge in [0.1, 0.15) is 11.2 Å².